The van der Waals surface area contributed by atoms with E-state index in [2.05, 4.69) is 53.0 Å². The van der Waals surface area contributed by atoms with E-state index in [1.165, 1.54) is 11.1 Å². The van der Waals surface area contributed by atoms with Crippen LogP contribution in [0.2, 0.25) is 0 Å². The summed E-state index contributed by atoms with van der Waals surface area (Å²) in [6.45, 7) is 5.49. The monoisotopic (exact) mass is 241 g/mol. The zero-order chi connectivity index (χ0) is 12.5. The molecule has 1 aromatic carbocycles. The molecule has 94 valence electrons. The van der Waals surface area contributed by atoms with E-state index in [1.807, 2.05) is 12.4 Å². The van der Waals surface area contributed by atoms with Gasteiger partial charge < -0.3 is 9.88 Å². The molecule has 2 heterocycles. The maximum atomic E-state index is 4.33. The molecule has 0 saturated heterocycles. The third-order valence-corrected chi connectivity index (χ3v) is 3.68. The van der Waals surface area contributed by atoms with Crippen LogP contribution >= 0.6 is 0 Å². The first-order chi connectivity index (χ1) is 8.74. The number of fused-ring (bicyclic) bond motifs is 1. The average molecular weight is 241 g/mol. The lowest BCUT2D eigenvalue weighted by Gasteiger charge is -2.26. The Hall–Kier alpha value is -1.77. The van der Waals surface area contributed by atoms with Crippen LogP contribution in [0.4, 0.5) is 5.95 Å². The zero-order valence-corrected chi connectivity index (χ0v) is 10.9. The van der Waals surface area contributed by atoms with Crippen molar-refractivity contribution in [1.82, 2.24) is 9.55 Å². The largest absolute Gasteiger partial charge is 0.349 e. The van der Waals surface area contributed by atoms with Gasteiger partial charge in [0, 0.05) is 18.9 Å². The molecule has 3 nitrogen and oxygen atoms in total. The Morgan fingerprint density at radius 2 is 2.06 bits per heavy atom. The Morgan fingerprint density at radius 1 is 1.28 bits per heavy atom. The fraction of sp³-hybridized carbons (Fsp3) is 0.400. The first kappa shape index (κ1) is 11.3. The van der Waals surface area contributed by atoms with Crippen molar-refractivity contribution >= 4 is 5.95 Å². The number of aryl methyl sites for hydroxylation is 1. The standard InChI is InChI=1S/C15H19N3/c1-11(2)12-3-5-13(6-4-12)14-7-9-18-10-8-16-15(18)17-14/h3-6,8,10-11,14H,7,9H2,1-2H3,(H,16,17). The molecule has 2 aromatic rings. The van der Waals surface area contributed by atoms with E-state index < -0.39 is 0 Å². The number of hydrogen-bond donors (Lipinski definition) is 1. The topological polar surface area (TPSA) is 29.9 Å². The van der Waals surface area contributed by atoms with Gasteiger partial charge in [-0.15, -0.1) is 0 Å². The van der Waals surface area contributed by atoms with Crippen LogP contribution in [-0.4, -0.2) is 9.55 Å². The Balaban J connectivity index is 1.80. The second-order valence-electron chi connectivity index (χ2n) is 5.25. The number of benzene rings is 1. The van der Waals surface area contributed by atoms with Crippen molar-refractivity contribution < 1.29 is 0 Å². The van der Waals surface area contributed by atoms with E-state index in [0.29, 0.717) is 12.0 Å². The van der Waals surface area contributed by atoms with Crippen molar-refractivity contribution in [3.63, 3.8) is 0 Å². The number of imidazole rings is 1. The van der Waals surface area contributed by atoms with Crippen molar-refractivity contribution in [2.24, 2.45) is 0 Å². The summed E-state index contributed by atoms with van der Waals surface area (Å²) in [5.74, 6) is 1.58. The molecule has 0 spiro atoms. The summed E-state index contributed by atoms with van der Waals surface area (Å²) in [5, 5.41) is 3.49. The summed E-state index contributed by atoms with van der Waals surface area (Å²) in [4.78, 5) is 4.33. The second-order valence-corrected chi connectivity index (χ2v) is 5.25. The normalized spacial score (nSPS) is 18.5. The summed E-state index contributed by atoms with van der Waals surface area (Å²) >= 11 is 0. The maximum Gasteiger partial charge on any atom is 0.203 e. The van der Waals surface area contributed by atoms with Gasteiger partial charge in [0.05, 0.1) is 6.04 Å². The minimum atomic E-state index is 0.390. The summed E-state index contributed by atoms with van der Waals surface area (Å²) in [5.41, 5.74) is 2.75. The molecule has 1 aliphatic heterocycles. The van der Waals surface area contributed by atoms with Crippen molar-refractivity contribution in [1.29, 1.82) is 0 Å². The summed E-state index contributed by atoms with van der Waals surface area (Å²) in [7, 11) is 0. The fourth-order valence-corrected chi connectivity index (χ4v) is 2.49. The van der Waals surface area contributed by atoms with Crippen molar-refractivity contribution in [3.8, 4) is 0 Å². The van der Waals surface area contributed by atoms with Gasteiger partial charge in [-0.3, -0.25) is 0 Å². The zero-order valence-electron chi connectivity index (χ0n) is 10.9. The minimum Gasteiger partial charge on any atom is -0.349 e. The van der Waals surface area contributed by atoms with E-state index in [4.69, 9.17) is 0 Å². The minimum absolute atomic E-state index is 0.390. The highest BCUT2D eigenvalue weighted by molar-refractivity contribution is 5.36. The van der Waals surface area contributed by atoms with Crippen LogP contribution in [0.5, 0.6) is 0 Å². The molecule has 0 amide bonds. The molecular weight excluding hydrogens is 222 g/mol. The van der Waals surface area contributed by atoms with Gasteiger partial charge >= 0.3 is 0 Å². The summed E-state index contributed by atoms with van der Waals surface area (Å²) in [6, 6.07) is 9.35. The fourth-order valence-electron chi connectivity index (χ4n) is 2.49. The Bertz CT molecular complexity index is 525. The Morgan fingerprint density at radius 3 is 2.78 bits per heavy atom. The number of aromatic nitrogens is 2. The lowest BCUT2D eigenvalue weighted by molar-refractivity contribution is 0.542. The van der Waals surface area contributed by atoms with E-state index in [1.54, 1.807) is 0 Å². The highest BCUT2D eigenvalue weighted by atomic mass is 15.2. The molecule has 0 radical (unpaired) electrons. The first-order valence-corrected chi connectivity index (χ1v) is 6.61. The predicted molar refractivity (Wildman–Crippen MR) is 73.7 cm³/mol. The molecule has 0 saturated carbocycles. The molecule has 1 aliphatic rings. The van der Waals surface area contributed by atoms with Crippen LogP contribution in [0, 0.1) is 0 Å². The van der Waals surface area contributed by atoms with Gasteiger partial charge in [-0.2, -0.15) is 0 Å². The van der Waals surface area contributed by atoms with Crippen molar-refractivity contribution in [2.45, 2.75) is 38.8 Å². The molecule has 1 unspecified atom stereocenters. The van der Waals surface area contributed by atoms with E-state index in [0.717, 1.165) is 18.9 Å². The molecular formula is C15H19N3. The Labute approximate surface area is 108 Å². The Kier molecular flexibility index (Phi) is 2.82. The third-order valence-electron chi connectivity index (χ3n) is 3.68. The lowest BCUT2D eigenvalue weighted by atomic mass is 9.97. The van der Waals surface area contributed by atoms with Gasteiger partial charge in [0.1, 0.15) is 0 Å². The van der Waals surface area contributed by atoms with Crippen LogP contribution in [0.25, 0.3) is 0 Å². The van der Waals surface area contributed by atoms with E-state index in [-0.39, 0.29) is 0 Å². The van der Waals surface area contributed by atoms with Crippen LogP contribution < -0.4 is 5.32 Å². The lowest BCUT2D eigenvalue weighted by Crippen LogP contribution is -2.21. The van der Waals surface area contributed by atoms with Gasteiger partial charge in [-0.1, -0.05) is 38.1 Å². The van der Waals surface area contributed by atoms with Crippen LogP contribution in [0.15, 0.2) is 36.7 Å². The second kappa shape index (κ2) is 4.48. The highest BCUT2D eigenvalue weighted by Crippen LogP contribution is 2.28. The molecule has 0 bridgehead atoms. The SMILES string of the molecule is CC(C)c1ccc(C2CCn3ccnc3N2)cc1. The molecule has 18 heavy (non-hydrogen) atoms. The van der Waals surface area contributed by atoms with Gasteiger partial charge in [-0.25, -0.2) is 4.98 Å². The van der Waals surface area contributed by atoms with Crippen molar-refractivity contribution in [2.75, 3.05) is 5.32 Å². The number of rotatable bonds is 2. The molecule has 3 rings (SSSR count). The van der Waals surface area contributed by atoms with Gasteiger partial charge in [-0.05, 0) is 23.5 Å². The number of hydrogen-bond acceptors (Lipinski definition) is 2. The number of nitrogens with zero attached hydrogens (tertiary/aromatic N) is 2. The molecule has 1 N–H and O–H groups in total. The molecule has 0 fully saturated rings. The van der Waals surface area contributed by atoms with E-state index in [9.17, 15) is 0 Å². The van der Waals surface area contributed by atoms with E-state index >= 15 is 0 Å². The molecule has 0 aliphatic carbocycles. The highest BCUT2D eigenvalue weighted by Gasteiger charge is 2.19. The third kappa shape index (κ3) is 2.01. The van der Waals surface area contributed by atoms with Crippen LogP contribution in [0.3, 0.4) is 0 Å². The first-order valence-electron chi connectivity index (χ1n) is 6.61. The average Bonchev–Trinajstić information content (AvgIpc) is 2.86. The summed E-state index contributed by atoms with van der Waals surface area (Å²) < 4.78 is 2.17. The van der Waals surface area contributed by atoms with Gasteiger partial charge in [0.15, 0.2) is 0 Å². The smallest absolute Gasteiger partial charge is 0.203 e. The molecule has 1 aromatic heterocycles. The van der Waals surface area contributed by atoms with Gasteiger partial charge in [0.2, 0.25) is 5.95 Å². The van der Waals surface area contributed by atoms with Gasteiger partial charge in [0.25, 0.3) is 0 Å². The molecule has 1 atom stereocenters. The number of anilines is 1. The summed E-state index contributed by atoms with van der Waals surface area (Å²) in [6.07, 6.45) is 5.00. The number of nitrogens with one attached hydrogen (secondary N) is 1. The molecule has 3 heteroatoms. The quantitative estimate of drug-likeness (QED) is 0.871. The van der Waals surface area contributed by atoms with Crippen LogP contribution in [-0.2, 0) is 6.54 Å². The van der Waals surface area contributed by atoms with Crippen molar-refractivity contribution in [3.05, 3.63) is 47.8 Å². The van der Waals surface area contributed by atoms with Crippen LogP contribution in [0.1, 0.15) is 43.4 Å². The predicted octanol–water partition coefficient (Wildman–Crippen LogP) is 3.56. The maximum absolute atomic E-state index is 4.33.